The van der Waals surface area contributed by atoms with Crippen LogP contribution in [0, 0.1) is 0 Å². The minimum absolute atomic E-state index is 0.747. The Bertz CT molecular complexity index is 741. The number of carbonyl (C=O) groups is 2. The van der Waals surface area contributed by atoms with E-state index in [-0.39, 0.29) is 0 Å². The quantitative estimate of drug-likeness (QED) is 0.371. The van der Waals surface area contributed by atoms with Crippen molar-refractivity contribution in [2.45, 2.75) is 19.3 Å². The molecule has 8 heteroatoms. The van der Waals surface area contributed by atoms with Gasteiger partial charge in [-0.05, 0) is 65.1 Å². The Hall–Kier alpha value is -2.16. The number of carboxylic acid groups (broad SMARTS) is 2. The van der Waals surface area contributed by atoms with Crippen LogP contribution in [0.1, 0.15) is 19.3 Å². The van der Waals surface area contributed by atoms with Crippen LogP contribution in [0.3, 0.4) is 0 Å². The summed E-state index contributed by atoms with van der Waals surface area (Å²) in [7, 11) is 1.74. The second kappa shape index (κ2) is 13.9. The highest BCUT2D eigenvalue weighted by Crippen LogP contribution is 2.33. The zero-order valence-corrected chi connectivity index (χ0v) is 17.4. The van der Waals surface area contributed by atoms with Gasteiger partial charge in [0.25, 0.3) is 0 Å². The lowest BCUT2D eigenvalue weighted by molar-refractivity contribution is -0.159. The molecule has 0 aromatic heterocycles. The summed E-state index contributed by atoms with van der Waals surface area (Å²) in [6, 6.07) is 12.5. The Morgan fingerprint density at radius 2 is 1.64 bits per heavy atom. The van der Waals surface area contributed by atoms with Crippen LogP contribution in [0.15, 0.2) is 40.9 Å². The third-order valence-electron chi connectivity index (χ3n) is 3.72. The summed E-state index contributed by atoms with van der Waals surface area (Å²) in [5, 5.41) is 20.6. The Morgan fingerprint density at radius 3 is 2.32 bits per heavy atom. The number of unbranched alkanes of at least 4 members (excludes halogenated alkanes) is 1. The number of rotatable bonds is 10. The number of nitrogens with one attached hydrogen (secondary N) is 1. The molecule has 0 saturated heterocycles. The highest BCUT2D eigenvalue weighted by molar-refractivity contribution is 9.10. The van der Waals surface area contributed by atoms with E-state index in [1.165, 1.54) is 10.8 Å². The molecule has 28 heavy (non-hydrogen) atoms. The molecule has 0 aliphatic carbocycles. The number of aliphatic carboxylic acids is 2. The zero-order chi connectivity index (χ0) is 20.8. The number of methoxy groups -OCH3 is 1. The predicted octanol–water partition coefficient (Wildman–Crippen LogP) is 3.54. The summed E-state index contributed by atoms with van der Waals surface area (Å²) in [5.41, 5.74) is 0. The molecule has 0 radical (unpaired) electrons. The van der Waals surface area contributed by atoms with E-state index in [0.29, 0.717) is 0 Å². The van der Waals surface area contributed by atoms with Crippen molar-refractivity contribution in [3.05, 3.63) is 40.9 Å². The molecule has 0 amide bonds. The Morgan fingerprint density at radius 1 is 0.964 bits per heavy atom. The van der Waals surface area contributed by atoms with Gasteiger partial charge in [0.1, 0.15) is 5.75 Å². The highest BCUT2D eigenvalue weighted by atomic mass is 79.9. The second-order valence-corrected chi connectivity index (χ2v) is 6.65. The van der Waals surface area contributed by atoms with Crippen LogP contribution in [0.5, 0.6) is 5.75 Å². The number of fused-ring (bicyclic) bond motifs is 1. The number of halogens is 1. The fourth-order valence-corrected chi connectivity index (χ4v) is 2.93. The topological polar surface area (TPSA) is 105 Å². The first-order valence-corrected chi connectivity index (χ1v) is 9.72. The molecule has 0 atom stereocenters. The van der Waals surface area contributed by atoms with Crippen molar-refractivity contribution in [1.82, 2.24) is 5.32 Å². The summed E-state index contributed by atoms with van der Waals surface area (Å²) in [6.45, 7) is 3.62. The lowest BCUT2D eigenvalue weighted by atomic mass is 10.1. The fraction of sp³-hybridized carbons (Fsp3) is 0.400. The number of hydrogen-bond acceptors (Lipinski definition) is 5. The van der Waals surface area contributed by atoms with Crippen molar-refractivity contribution in [2.24, 2.45) is 0 Å². The molecular weight excluding hydrogens is 430 g/mol. The molecule has 0 spiro atoms. The molecule has 0 saturated carbocycles. The first-order chi connectivity index (χ1) is 13.5. The molecule has 0 heterocycles. The summed E-state index contributed by atoms with van der Waals surface area (Å²) >= 11 is 3.65. The van der Waals surface area contributed by atoms with E-state index in [9.17, 15) is 0 Å². The third-order valence-corrected chi connectivity index (χ3v) is 4.54. The van der Waals surface area contributed by atoms with Crippen LogP contribution in [0.4, 0.5) is 0 Å². The van der Waals surface area contributed by atoms with E-state index in [2.05, 4.69) is 45.5 Å². The second-order valence-electron chi connectivity index (χ2n) is 5.86. The molecule has 3 N–H and O–H groups in total. The smallest absolute Gasteiger partial charge is 0.414 e. The van der Waals surface area contributed by atoms with E-state index >= 15 is 0 Å². The van der Waals surface area contributed by atoms with Crippen molar-refractivity contribution in [3.8, 4) is 5.75 Å². The largest absolute Gasteiger partial charge is 0.492 e. The molecule has 0 fully saturated rings. The van der Waals surface area contributed by atoms with Crippen LogP contribution in [-0.4, -0.2) is 55.6 Å². The van der Waals surface area contributed by atoms with Crippen LogP contribution in [0.2, 0.25) is 0 Å². The highest BCUT2D eigenvalue weighted by Gasteiger charge is 2.05. The maximum absolute atomic E-state index is 9.10. The molecule has 2 rings (SSSR count). The molecular formula is C20H26BrNO6. The molecule has 2 aromatic rings. The first kappa shape index (κ1) is 23.9. The Labute approximate surface area is 172 Å². The summed E-state index contributed by atoms with van der Waals surface area (Å²) in [4.78, 5) is 18.2. The number of hydrogen-bond donors (Lipinski definition) is 3. The van der Waals surface area contributed by atoms with Crippen molar-refractivity contribution >= 4 is 38.6 Å². The molecule has 154 valence electrons. The minimum atomic E-state index is -1.82. The lowest BCUT2D eigenvalue weighted by Gasteiger charge is -2.10. The van der Waals surface area contributed by atoms with Gasteiger partial charge < -0.3 is 25.0 Å². The van der Waals surface area contributed by atoms with E-state index in [4.69, 9.17) is 29.3 Å². The Balaban J connectivity index is 0.000000568. The monoisotopic (exact) mass is 455 g/mol. The maximum Gasteiger partial charge on any atom is 0.414 e. The lowest BCUT2D eigenvalue weighted by Crippen LogP contribution is -2.18. The standard InChI is InChI=1S/C18H24BrNO2.C2H2O4/c1-21-13-6-12-20-11-4-5-14-22-17-10-9-15-7-2-3-8-16(15)18(17)19;3-1(4)2(5)6/h2-3,7-10,20H,4-6,11-14H2,1H3;(H,3,4)(H,5,6). The van der Waals surface area contributed by atoms with Crippen molar-refractivity contribution in [2.75, 3.05) is 33.4 Å². The first-order valence-electron chi connectivity index (χ1n) is 8.93. The van der Waals surface area contributed by atoms with Gasteiger partial charge in [-0.25, -0.2) is 9.59 Å². The average molecular weight is 456 g/mol. The summed E-state index contributed by atoms with van der Waals surface area (Å²) < 4.78 is 12.0. The predicted molar refractivity (Wildman–Crippen MR) is 111 cm³/mol. The van der Waals surface area contributed by atoms with Gasteiger partial charge in [-0.2, -0.15) is 0 Å². The maximum atomic E-state index is 9.10. The van der Waals surface area contributed by atoms with E-state index in [0.717, 1.165) is 55.8 Å². The number of ether oxygens (including phenoxy) is 2. The van der Waals surface area contributed by atoms with Gasteiger partial charge in [0.05, 0.1) is 11.1 Å². The van der Waals surface area contributed by atoms with Crippen molar-refractivity contribution in [3.63, 3.8) is 0 Å². The average Bonchev–Trinajstić information content (AvgIpc) is 2.69. The van der Waals surface area contributed by atoms with Crippen molar-refractivity contribution < 1.29 is 29.3 Å². The zero-order valence-electron chi connectivity index (χ0n) is 15.8. The van der Waals surface area contributed by atoms with Gasteiger partial charge in [-0.15, -0.1) is 0 Å². The minimum Gasteiger partial charge on any atom is -0.492 e. The van der Waals surface area contributed by atoms with Crippen LogP contribution in [0.25, 0.3) is 10.8 Å². The van der Waals surface area contributed by atoms with E-state index in [1.54, 1.807) is 7.11 Å². The van der Waals surface area contributed by atoms with E-state index < -0.39 is 11.9 Å². The molecule has 7 nitrogen and oxygen atoms in total. The molecule has 0 unspecified atom stereocenters. The summed E-state index contributed by atoms with van der Waals surface area (Å²) in [5.74, 6) is -2.73. The number of benzene rings is 2. The van der Waals surface area contributed by atoms with Gasteiger partial charge in [0, 0.05) is 13.7 Å². The normalized spacial score (nSPS) is 10.2. The van der Waals surface area contributed by atoms with Crippen LogP contribution >= 0.6 is 15.9 Å². The molecule has 2 aromatic carbocycles. The molecule has 0 bridgehead atoms. The van der Waals surface area contributed by atoms with E-state index in [1.807, 2.05) is 12.1 Å². The van der Waals surface area contributed by atoms with Gasteiger partial charge >= 0.3 is 11.9 Å². The summed E-state index contributed by atoms with van der Waals surface area (Å²) in [6.07, 6.45) is 3.24. The van der Waals surface area contributed by atoms with Gasteiger partial charge in [0.15, 0.2) is 0 Å². The fourth-order valence-electron chi connectivity index (χ4n) is 2.33. The van der Waals surface area contributed by atoms with Crippen LogP contribution < -0.4 is 10.1 Å². The van der Waals surface area contributed by atoms with Gasteiger partial charge in [-0.3, -0.25) is 0 Å². The third kappa shape index (κ3) is 9.16. The Kier molecular flexibility index (Phi) is 11.9. The number of carboxylic acids is 2. The molecule has 0 aliphatic rings. The SMILES string of the molecule is COCCCNCCCCOc1ccc2ccccc2c1Br.O=C(O)C(=O)O. The van der Waals surface area contributed by atoms with Gasteiger partial charge in [-0.1, -0.05) is 30.3 Å². The van der Waals surface area contributed by atoms with Crippen LogP contribution in [-0.2, 0) is 14.3 Å². The molecule has 0 aliphatic heterocycles. The van der Waals surface area contributed by atoms with Gasteiger partial charge in [0.2, 0.25) is 0 Å². The van der Waals surface area contributed by atoms with Crippen molar-refractivity contribution in [1.29, 1.82) is 0 Å².